The van der Waals surface area contributed by atoms with E-state index in [0.29, 0.717) is 15.7 Å². The van der Waals surface area contributed by atoms with Gasteiger partial charge in [-0.05, 0) is 47.0 Å². The van der Waals surface area contributed by atoms with Crippen molar-refractivity contribution in [3.05, 3.63) is 28.2 Å². The minimum absolute atomic E-state index is 0.00302. The molecule has 1 aromatic rings. The standard InChI is InChI=1S/C13H12BrN3O3/c14-10-5-8(6-15)1-4-11(10)16-13(20)17(7-12(18)19)9-2-3-9/h1,4-5,9H,2-3,7H2,(H,16,20)(H,18,19). The van der Waals surface area contributed by atoms with E-state index in [1.165, 1.54) is 4.90 Å². The van der Waals surface area contributed by atoms with Crippen molar-refractivity contribution in [2.75, 3.05) is 11.9 Å². The van der Waals surface area contributed by atoms with E-state index >= 15 is 0 Å². The number of carboxylic acid groups (broad SMARTS) is 1. The fourth-order valence-corrected chi connectivity index (χ4v) is 2.25. The van der Waals surface area contributed by atoms with Crippen LogP contribution in [0.1, 0.15) is 18.4 Å². The first kappa shape index (κ1) is 14.3. The zero-order valence-corrected chi connectivity index (χ0v) is 12.1. The number of aliphatic carboxylic acids is 1. The second kappa shape index (κ2) is 5.92. The van der Waals surface area contributed by atoms with E-state index in [1.54, 1.807) is 18.2 Å². The number of nitriles is 1. The highest BCUT2D eigenvalue weighted by Gasteiger charge is 2.34. The lowest BCUT2D eigenvalue weighted by Crippen LogP contribution is -2.40. The molecule has 104 valence electrons. The Bertz CT molecular complexity index is 593. The number of urea groups is 1. The molecule has 2 N–H and O–H groups in total. The van der Waals surface area contributed by atoms with Crippen molar-refractivity contribution in [2.45, 2.75) is 18.9 Å². The number of carbonyl (C=O) groups is 2. The van der Waals surface area contributed by atoms with E-state index < -0.39 is 12.0 Å². The molecular formula is C13H12BrN3O3. The summed E-state index contributed by atoms with van der Waals surface area (Å²) in [5.74, 6) is -1.04. The minimum Gasteiger partial charge on any atom is -0.480 e. The van der Waals surface area contributed by atoms with E-state index in [2.05, 4.69) is 21.2 Å². The normalized spacial score (nSPS) is 13.4. The summed E-state index contributed by atoms with van der Waals surface area (Å²) >= 11 is 3.27. The van der Waals surface area contributed by atoms with Gasteiger partial charge in [-0.3, -0.25) is 4.79 Å². The van der Waals surface area contributed by atoms with Crippen molar-refractivity contribution in [3.8, 4) is 6.07 Å². The Hall–Kier alpha value is -2.07. The molecule has 0 heterocycles. The number of hydrogen-bond acceptors (Lipinski definition) is 3. The molecule has 1 aliphatic rings. The van der Waals surface area contributed by atoms with Crippen molar-refractivity contribution in [1.29, 1.82) is 5.26 Å². The summed E-state index contributed by atoms with van der Waals surface area (Å²) in [7, 11) is 0. The molecule has 1 aromatic carbocycles. The quantitative estimate of drug-likeness (QED) is 0.882. The van der Waals surface area contributed by atoms with E-state index in [9.17, 15) is 9.59 Å². The van der Waals surface area contributed by atoms with Crippen molar-refractivity contribution in [3.63, 3.8) is 0 Å². The first-order valence-corrected chi connectivity index (χ1v) is 6.79. The summed E-state index contributed by atoms with van der Waals surface area (Å²) in [6.45, 7) is -0.315. The number of nitrogens with one attached hydrogen (secondary N) is 1. The van der Waals surface area contributed by atoms with Gasteiger partial charge in [0.15, 0.2) is 0 Å². The lowest BCUT2D eigenvalue weighted by Gasteiger charge is -2.21. The number of nitrogens with zero attached hydrogens (tertiary/aromatic N) is 2. The van der Waals surface area contributed by atoms with Crippen LogP contribution in [0.15, 0.2) is 22.7 Å². The fourth-order valence-electron chi connectivity index (χ4n) is 1.77. The molecule has 1 fully saturated rings. The van der Waals surface area contributed by atoms with Crippen LogP contribution in [0.2, 0.25) is 0 Å². The molecule has 1 saturated carbocycles. The molecule has 2 rings (SSSR count). The first-order valence-electron chi connectivity index (χ1n) is 6.00. The number of benzene rings is 1. The Balaban J connectivity index is 2.10. The van der Waals surface area contributed by atoms with Crippen LogP contribution in [-0.2, 0) is 4.79 Å². The molecule has 0 aliphatic heterocycles. The van der Waals surface area contributed by atoms with Gasteiger partial charge < -0.3 is 15.3 Å². The SMILES string of the molecule is N#Cc1ccc(NC(=O)N(CC(=O)O)C2CC2)c(Br)c1. The van der Waals surface area contributed by atoms with Crippen molar-refractivity contribution in [1.82, 2.24) is 4.90 Å². The smallest absolute Gasteiger partial charge is 0.323 e. The number of rotatable bonds is 4. The van der Waals surface area contributed by atoms with Gasteiger partial charge in [-0.15, -0.1) is 0 Å². The predicted octanol–water partition coefficient (Wildman–Crippen LogP) is 2.40. The Labute approximate surface area is 124 Å². The van der Waals surface area contributed by atoms with Crippen LogP contribution in [0.3, 0.4) is 0 Å². The average molecular weight is 338 g/mol. The summed E-state index contributed by atoms with van der Waals surface area (Å²) in [5.41, 5.74) is 0.976. The fraction of sp³-hybridized carbons (Fsp3) is 0.308. The van der Waals surface area contributed by atoms with Crippen LogP contribution in [-0.4, -0.2) is 34.6 Å². The van der Waals surface area contributed by atoms with E-state index in [1.807, 2.05) is 6.07 Å². The van der Waals surface area contributed by atoms with Gasteiger partial charge in [-0.1, -0.05) is 0 Å². The largest absolute Gasteiger partial charge is 0.480 e. The van der Waals surface area contributed by atoms with Crippen LogP contribution in [0, 0.1) is 11.3 Å². The van der Waals surface area contributed by atoms with Gasteiger partial charge in [0.1, 0.15) is 6.54 Å². The van der Waals surface area contributed by atoms with Crippen LogP contribution >= 0.6 is 15.9 Å². The molecule has 1 aliphatic carbocycles. The Morgan fingerprint density at radius 3 is 2.70 bits per heavy atom. The lowest BCUT2D eigenvalue weighted by atomic mass is 10.2. The van der Waals surface area contributed by atoms with Crippen molar-refractivity contribution < 1.29 is 14.7 Å². The number of carbonyl (C=O) groups excluding carboxylic acids is 1. The zero-order chi connectivity index (χ0) is 14.7. The topological polar surface area (TPSA) is 93.4 Å². The maximum atomic E-state index is 12.1. The highest BCUT2D eigenvalue weighted by atomic mass is 79.9. The summed E-state index contributed by atoms with van der Waals surface area (Å²) in [6.07, 6.45) is 1.66. The lowest BCUT2D eigenvalue weighted by molar-refractivity contribution is -0.137. The predicted molar refractivity (Wildman–Crippen MR) is 75.2 cm³/mol. The first-order chi connectivity index (χ1) is 9.51. The van der Waals surface area contributed by atoms with E-state index in [0.717, 1.165) is 12.8 Å². The second-order valence-electron chi connectivity index (χ2n) is 4.49. The Kier molecular flexibility index (Phi) is 4.25. The second-order valence-corrected chi connectivity index (χ2v) is 5.34. The third kappa shape index (κ3) is 3.48. The number of hydrogen-bond donors (Lipinski definition) is 2. The van der Waals surface area contributed by atoms with Gasteiger partial charge in [0.25, 0.3) is 0 Å². The molecule has 0 unspecified atom stereocenters. The summed E-state index contributed by atoms with van der Waals surface area (Å²) in [4.78, 5) is 24.2. The molecule has 7 heteroatoms. The van der Waals surface area contributed by atoms with Gasteiger partial charge in [0.2, 0.25) is 0 Å². The highest BCUT2D eigenvalue weighted by Crippen LogP contribution is 2.28. The third-order valence-electron chi connectivity index (χ3n) is 2.89. The molecule has 0 radical (unpaired) electrons. The summed E-state index contributed by atoms with van der Waals surface area (Å²) in [5, 5.41) is 20.3. The van der Waals surface area contributed by atoms with E-state index in [-0.39, 0.29) is 12.6 Å². The minimum atomic E-state index is -1.04. The maximum absolute atomic E-state index is 12.1. The van der Waals surface area contributed by atoms with Crippen LogP contribution < -0.4 is 5.32 Å². The Morgan fingerprint density at radius 2 is 2.20 bits per heavy atom. The number of amides is 2. The van der Waals surface area contributed by atoms with Crippen molar-refractivity contribution >= 4 is 33.6 Å². The maximum Gasteiger partial charge on any atom is 0.323 e. The number of carboxylic acids is 1. The molecule has 20 heavy (non-hydrogen) atoms. The van der Waals surface area contributed by atoms with Gasteiger partial charge in [0.05, 0.1) is 17.3 Å². The number of anilines is 1. The molecule has 0 bridgehead atoms. The molecule has 0 atom stereocenters. The van der Waals surface area contributed by atoms with Gasteiger partial charge in [-0.2, -0.15) is 5.26 Å². The number of halogens is 1. The zero-order valence-electron chi connectivity index (χ0n) is 10.5. The van der Waals surface area contributed by atoms with Crippen molar-refractivity contribution in [2.24, 2.45) is 0 Å². The highest BCUT2D eigenvalue weighted by molar-refractivity contribution is 9.10. The third-order valence-corrected chi connectivity index (χ3v) is 3.55. The van der Waals surface area contributed by atoms with Crippen LogP contribution in [0.4, 0.5) is 10.5 Å². The molecule has 0 saturated heterocycles. The molecule has 0 aromatic heterocycles. The molecule has 2 amide bonds. The molecular weight excluding hydrogens is 326 g/mol. The van der Waals surface area contributed by atoms with Crippen LogP contribution in [0.25, 0.3) is 0 Å². The van der Waals surface area contributed by atoms with Gasteiger partial charge in [0, 0.05) is 10.5 Å². The van der Waals surface area contributed by atoms with Gasteiger partial charge in [-0.25, -0.2) is 4.79 Å². The van der Waals surface area contributed by atoms with E-state index in [4.69, 9.17) is 10.4 Å². The van der Waals surface area contributed by atoms with Gasteiger partial charge >= 0.3 is 12.0 Å². The monoisotopic (exact) mass is 337 g/mol. The summed E-state index contributed by atoms with van der Waals surface area (Å²) in [6, 6.07) is 6.33. The summed E-state index contributed by atoms with van der Waals surface area (Å²) < 4.78 is 0.580. The average Bonchev–Trinajstić information content (AvgIpc) is 3.22. The molecule has 0 spiro atoms. The Morgan fingerprint density at radius 1 is 1.50 bits per heavy atom. The van der Waals surface area contributed by atoms with Crippen LogP contribution in [0.5, 0.6) is 0 Å². The molecule has 6 nitrogen and oxygen atoms in total.